The summed E-state index contributed by atoms with van der Waals surface area (Å²) in [5.41, 5.74) is 3.80. The monoisotopic (exact) mass is 226 g/mol. The summed E-state index contributed by atoms with van der Waals surface area (Å²) < 4.78 is 0. The van der Waals surface area contributed by atoms with Gasteiger partial charge in [-0.2, -0.15) is 0 Å². The van der Waals surface area contributed by atoms with Crippen LogP contribution in [0, 0.1) is 0 Å². The molecule has 0 spiro atoms. The second kappa shape index (κ2) is 5.48. The largest absolute Gasteiger partial charge is 0.383 e. The van der Waals surface area contributed by atoms with E-state index >= 15 is 0 Å². The second-order valence-corrected chi connectivity index (χ2v) is 4.53. The lowest BCUT2D eigenvalue weighted by molar-refractivity contribution is 0.899. The van der Waals surface area contributed by atoms with E-state index < -0.39 is 0 Å². The molecule has 0 aliphatic rings. The molecule has 2 aromatic rings. The van der Waals surface area contributed by atoms with Crippen LogP contribution < -0.4 is 5.32 Å². The van der Waals surface area contributed by atoms with Crippen LogP contribution in [0.2, 0.25) is 0 Å². The lowest BCUT2D eigenvalue weighted by atomic mass is 10.1. The molecule has 2 rings (SSSR count). The number of pyridine rings is 1. The van der Waals surface area contributed by atoms with E-state index in [4.69, 9.17) is 0 Å². The van der Waals surface area contributed by atoms with E-state index in [-0.39, 0.29) is 0 Å². The molecule has 0 amide bonds. The van der Waals surface area contributed by atoms with Crippen molar-refractivity contribution in [1.82, 2.24) is 4.98 Å². The fourth-order valence-corrected chi connectivity index (χ4v) is 1.79. The molecule has 1 aromatic carbocycles. The van der Waals surface area contributed by atoms with Crippen LogP contribution in [-0.2, 0) is 6.42 Å². The Morgan fingerprint density at radius 1 is 0.941 bits per heavy atom. The number of rotatable bonds is 4. The lowest BCUT2D eigenvalue weighted by Gasteiger charge is -2.10. The third kappa shape index (κ3) is 3.59. The minimum atomic E-state index is 0.473. The van der Waals surface area contributed by atoms with Crippen molar-refractivity contribution in [2.24, 2.45) is 0 Å². The number of hydrogen-bond acceptors (Lipinski definition) is 2. The zero-order valence-electron chi connectivity index (χ0n) is 10.4. The average Bonchev–Trinajstić information content (AvgIpc) is 2.32. The Morgan fingerprint density at radius 3 is 2.12 bits per heavy atom. The minimum absolute atomic E-state index is 0.473. The maximum atomic E-state index is 4.02. The van der Waals surface area contributed by atoms with Crippen LogP contribution in [0.4, 0.5) is 5.69 Å². The van der Waals surface area contributed by atoms with Gasteiger partial charge in [0.15, 0.2) is 0 Å². The molecule has 1 heterocycles. The van der Waals surface area contributed by atoms with Crippen molar-refractivity contribution in [3.05, 3.63) is 59.9 Å². The first-order valence-electron chi connectivity index (χ1n) is 5.98. The quantitative estimate of drug-likeness (QED) is 0.863. The molecule has 0 radical (unpaired) electrons. The normalized spacial score (nSPS) is 10.5. The highest BCUT2D eigenvalue weighted by molar-refractivity contribution is 5.45. The maximum absolute atomic E-state index is 4.02. The van der Waals surface area contributed by atoms with E-state index in [0.29, 0.717) is 6.04 Å². The van der Waals surface area contributed by atoms with E-state index in [1.54, 1.807) is 0 Å². The molecule has 17 heavy (non-hydrogen) atoms. The Hall–Kier alpha value is -1.83. The Labute approximate surface area is 103 Å². The molecule has 0 saturated heterocycles. The summed E-state index contributed by atoms with van der Waals surface area (Å²) in [4.78, 5) is 4.02. The highest BCUT2D eigenvalue weighted by Gasteiger charge is 1.98. The van der Waals surface area contributed by atoms with E-state index in [1.807, 2.05) is 12.4 Å². The van der Waals surface area contributed by atoms with Gasteiger partial charge in [0.2, 0.25) is 0 Å². The smallest absolute Gasteiger partial charge is 0.0342 e. The zero-order chi connectivity index (χ0) is 12.1. The molecule has 2 nitrogen and oxygen atoms in total. The number of hydrogen-bond donors (Lipinski definition) is 1. The van der Waals surface area contributed by atoms with Crippen LogP contribution in [0.1, 0.15) is 25.0 Å². The first kappa shape index (κ1) is 11.6. The molecule has 0 atom stereocenters. The molecule has 2 heteroatoms. The van der Waals surface area contributed by atoms with Gasteiger partial charge in [-0.15, -0.1) is 0 Å². The van der Waals surface area contributed by atoms with Gasteiger partial charge in [-0.05, 0) is 55.7 Å². The second-order valence-electron chi connectivity index (χ2n) is 4.53. The predicted octanol–water partition coefficient (Wildman–Crippen LogP) is 3.49. The van der Waals surface area contributed by atoms with E-state index in [1.165, 1.54) is 16.8 Å². The van der Waals surface area contributed by atoms with Gasteiger partial charge in [-0.3, -0.25) is 4.98 Å². The summed E-state index contributed by atoms with van der Waals surface area (Å²) in [7, 11) is 0. The van der Waals surface area contributed by atoms with Crippen LogP contribution in [-0.4, -0.2) is 11.0 Å². The average molecular weight is 226 g/mol. The summed E-state index contributed by atoms with van der Waals surface area (Å²) in [5, 5.41) is 3.39. The van der Waals surface area contributed by atoms with Gasteiger partial charge in [0.25, 0.3) is 0 Å². The molecule has 0 aliphatic heterocycles. The summed E-state index contributed by atoms with van der Waals surface area (Å²) in [6.07, 6.45) is 4.64. The first-order valence-corrected chi connectivity index (χ1v) is 5.98. The number of nitrogens with zero attached hydrogens (tertiary/aromatic N) is 1. The van der Waals surface area contributed by atoms with Crippen molar-refractivity contribution < 1.29 is 0 Å². The van der Waals surface area contributed by atoms with E-state index in [0.717, 1.165) is 6.42 Å². The highest BCUT2D eigenvalue weighted by Crippen LogP contribution is 2.13. The van der Waals surface area contributed by atoms with Crippen molar-refractivity contribution >= 4 is 5.69 Å². The molecule has 0 bridgehead atoms. The Morgan fingerprint density at radius 2 is 1.53 bits per heavy atom. The van der Waals surface area contributed by atoms with Crippen molar-refractivity contribution in [2.45, 2.75) is 26.3 Å². The van der Waals surface area contributed by atoms with Gasteiger partial charge >= 0.3 is 0 Å². The maximum Gasteiger partial charge on any atom is 0.0342 e. The molecule has 1 N–H and O–H groups in total. The molecule has 1 aromatic heterocycles. The third-order valence-electron chi connectivity index (χ3n) is 2.57. The van der Waals surface area contributed by atoms with Crippen LogP contribution in [0.25, 0.3) is 0 Å². The van der Waals surface area contributed by atoms with Crippen LogP contribution in [0.15, 0.2) is 48.8 Å². The van der Waals surface area contributed by atoms with E-state index in [2.05, 4.69) is 60.5 Å². The minimum Gasteiger partial charge on any atom is -0.383 e. The molecule has 88 valence electrons. The van der Waals surface area contributed by atoms with Crippen LogP contribution in [0.3, 0.4) is 0 Å². The van der Waals surface area contributed by atoms with Crippen molar-refractivity contribution in [1.29, 1.82) is 0 Å². The van der Waals surface area contributed by atoms with Gasteiger partial charge in [-0.25, -0.2) is 0 Å². The summed E-state index contributed by atoms with van der Waals surface area (Å²) in [6, 6.07) is 13.2. The molecule has 0 saturated carbocycles. The van der Waals surface area contributed by atoms with Crippen LogP contribution >= 0.6 is 0 Å². The predicted molar refractivity (Wildman–Crippen MR) is 72.2 cm³/mol. The van der Waals surface area contributed by atoms with Gasteiger partial charge in [0.05, 0.1) is 0 Å². The summed E-state index contributed by atoms with van der Waals surface area (Å²) in [6.45, 7) is 4.29. The Bertz CT molecular complexity index is 446. The van der Waals surface area contributed by atoms with Crippen molar-refractivity contribution in [3.63, 3.8) is 0 Å². The molecule has 0 unspecified atom stereocenters. The van der Waals surface area contributed by atoms with Gasteiger partial charge < -0.3 is 5.32 Å². The Balaban J connectivity index is 2.03. The third-order valence-corrected chi connectivity index (χ3v) is 2.57. The standard InChI is InChI=1S/C15H18N2/c1-12(2)17-15-5-3-13(4-6-15)11-14-7-9-16-10-8-14/h3-10,12,17H,11H2,1-2H3. The number of anilines is 1. The lowest BCUT2D eigenvalue weighted by Crippen LogP contribution is -2.09. The summed E-state index contributed by atoms with van der Waals surface area (Å²) >= 11 is 0. The Kier molecular flexibility index (Phi) is 3.76. The fraction of sp³-hybridized carbons (Fsp3) is 0.267. The van der Waals surface area contributed by atoms with Crippen LogP contribution in [0.5, 0.6) is 0 Å². The fourth-order valence-electron chi connectivity index (χ4n) is 1.79. The van der Waals surface area contributed by atoms with Gasteiger partial charge in [-0.1, -0.05) is 12.1 Å². The molecule has 0 aliphatic carbocycles. The van der Waals surface area contributed by atoms with Gasteiger partial charge in [0, 0.05) is 24.1 Å². The van der Waals surface area contributed by atoms with Crippen molar-refractivity contribution in [3.8, 4) is 0 Å². The highest BCUT2D eigenvalue weighted by atomic mass is 14.9. The number of aromatic nitrogens is 1. The molecular weight excluding hydrogens is 208 g/mol. The SMILES string of the molecule is CC(C)Nc1ccc(Cc2ccncc2)cc1. The van der Waals surface area contributed by atoms with E-state index in [9.17, 15) is 0 Å². The van der Waals surface area contributed by atoms with Crippen molar-refractivity contribution in [2.75, 3.05) is 5.32 Å². The topological polar surface area (TPSA) is 24.9 Å². The molecule has 0 fully saturated rings. The zero-order valence-corrected chi connectivity index (χ0v) is 10.4. The first-order chi connectivity index (χ1) is 8.24. The molecular formula is C15H18N2. The number of nitrogens with one attached hydrogen (secondary N) is 1. The summed E-state index contributed by atoms with van der Waals surface area (Å²) in [5.74, 6) is 0. The number of benzene rings is 1. The van der Waals surface area contributed by atoms with Gasteiger partial charge in [0.1, 0.15) is 0 Å².